The first-order valence-corrected chi connectivity index (χ1v) is 9.84. The number of fused-ring (bicyclic) bond motifs is 1. The molecule has 0 bridgehead atoms. The molecule has 1 amide bonds. The number of nitrogens with one attached hydrogen (secondary N) is 2. The van der Waals surface area contributed by atoms with Gasteiger partial charge in [-0.15, -0.1) is 0 Å². The summed E-state index contributed by atoms with van der Waals surface area (Å²) in [5, 5.41) is 3.11. The number of aromatic amines is 1. The van der Waals surface area contributed by atoms with Crippen molar-refractivity contribution >= 4 is 28.6 Å². The molecule has 4 rings (SSSR count). The minimum Gasteiger partial charge on any atom is -0.378 e. The zero-order valence-corrected chi connectivity index (χ0v) is 16.5. The molecule has 0 radical (unpaired) electrons. The van der Waals surface area contributed by atoms with Crippen molar-refractivity contribution in [2.75, 3.05) is 37.0 Å². The maximum absolute atomic E-state index is 12.7. The van der Waals surface area contributed by atoms with E-state index in [2.05, 4.69) is 49.4 Å². The molecule has 6 heteroatoms. The molecule has 0 unspecified atom stereocenters. The minimum atomic E-state index is -0.0111. The summed E-state index contributed by atoms with van der Waals surface area (Å²) in [4.78, 5) is 25.0. The molecule has 1 saturated heterocycles. The van der Waals surface area contributed by atoms with Gasteiger partial charge in [-0.3, -0.25) is 4.79 Å². The third-order valence-corrected chi connectivity index (χ3v) is 5.39. The van der Waals surface area contributed by atoms with Gasteiger partial charge in [0.15, 0.2) is 0 Å². The van der Waals surface area contributed by atoms with Crippen molar-refractivity contribution in [2.45, 2.75) is 19.4 Å². The van der Waals surface area contributed by atoms with Crippen LogP contribution in [0.5, 0.6) is 0 Å². The fourth-order valence-corrected chi connectivity index (χ4v) is 3.72. The number of aromatic nitrogens is 2. The number of anilines is 2. The molecule has 1 fully saturated rings. The van der Waals surface area contributed by atoms with Crippen LogP contribution in [0.2, 0.25) is 0 Å². The quantitative estimate of drug-likeness (QED) is 0.717. The van der Waals surface area contributed by atoms with Gasteiger partial charge in [0.2, 0.25) is 11.9 Å². The summed E-state index contributed by atoms with van der Waals surface area (Å²) in [5.74, 6) is 0.971. The highest BCUT2D eigenvalue weighted by atomic mass is 16.1. The number of hydrogen-bond acceptors (Lipinski definition) is 4. The summed E-state index contributed by atoms with van der Waals surface area (Å²) in [6, 6.07) is 16.3. The average Bonchev–Trinajstić information content (AvgIpc) is 3.17. The summed E-state index contributed by atoms with van der Waals surface area (Å²) in [5.41, 5.74) is 4.27. The standard InChI is InChI=1S/C22H27N5O/c1-26(2)18-11-9-16(10-12-18)14-23-21(28)17-6-5-13-27(15-17)22-24-19-7-3-4-8-20(19)25-22/h3-4,7-12,17H,5-6,13-15H2,1-2H3,(H,23,28)(H,24,25)/t17-/m0/s1. The highest BCUT2D eigenvalue weighted by Gasteiger charge is 2.27. The van der Waals surface area contributed by atoms with Crippen molar-refractivity contribution in [1.82, 2.24) is 15.3 Å². The molecule has 0 aliphatic carbocycles. The van der Waals surface area contributed by atoms with Gasteiger partial charge in [0.25, 0.3) is 0 Å². The van der Waals surface area contributed by atoms with Crippen LogP contribution in [0.3, 0.4) is 0 Å². The second kappa shape index (κ2) is 7.92. The number of amides is 1. The Hall–Kier alpha value is -3.02. The van der Waals surface area contributed by atoms with Crippen LogP contribution < -0.4 is 15.1 Å². The van der Waals surface area contributed by atoms with Crippen molar-refractivity contribution in [2.24, 2.45) is 5.92 Å². The van der Waals surface area contributed by atoms with Gasteiger partial charge in [-0.1, -0.05) is 24.3 Å². The topological polar surface area (TPSA) is 64.3 Å². The molecule has 2 N–H and O–H groups in total. The number of benzene rings is 2. The van der Waals surface area contributed by atoms with E-state index in [1.165, 1.54) is 0 Å². The van der Waals surface area contributed by atoms with Crippen LogP contribution in [0, 0.1) is 5.92 Å². The average molecular weight is 377 g/mol. The lowest BCUT2D eigenvalue weighted by atomic mass is 9.97. The number of H-pyrrole nitrogens is 1. The maximum Gasteiger partial charge on any atom is 0.225 e. The van der Waals surface area contributed by atoms with Crippen molar-refractivity contribution in [3.63, 3.8) is 0 Å². The minimum absolute atomic E-state index is 0.0111. The second-order valence-corrected chi connectivity index (χ2v) is 7.64. The monoisotopic (exact) mass is 377 g/mol. The summed E-state index contributed by atoms with van der Waals surface area (Å²) in [6.45, 7) is 2.19. The SMILES string of the molecule is CN(C)c1ccc(CNC(=O)[C@H]2CCCN(c3nc4ccccc4[nH]3)C2)cc1. The van der Waals surface area contributed by atoms with Crippen LogP contribution in [0.4, 0.5) is 11.6 Å². The molecule has 1 atom stereocenters. The van der Waals surface area contributed by atoms with Crippen LogP contribution in [0.15, 0.2) is 48.5 Å². The van der Waals surface area contributed by atoms with E-state index in [0.717, 1.165) is 47.6 Å². The molecule has 6 nitrogen and oxygen atoms in total. The first-order chi connectivity index (χ1) is 13.6. The zero-order chi connectivity index (χ0) is 19.5. The van der Waals surface area contributed by atoms with Crippen LogP contribution >= 0.6 is 0 Å². The third kappa shape index (κ3) is 3.96. The number of para-hydroxylation sites is 2. The molecule has 146 valence electrons. The predicted molar refractivity (Wildman–Crippen MR) is 114 cm³/mol. The fourth-order valence-electron chi connectivity index (χ4n) is 3.72. The summed E-state index contributed by atoms with van der Waals surface area (Å²) in [6.07, 6.45) is 1.91. The highest BCUT2D eigenvalue weighted by molar-refractivity contribution is 5.80. The number of nitrogens with zero attached hydrogens (tertiary/aromatic N) is 3. The number of rotatable bonds is 5. The van der Waals surface area contributed by atoms with Crippen molar-refractivity contribution in [3.8, 4) is 0 Å². The smallest absolute Gasteiger partial charge is 0.225 e. The Kier molecular flexibility index (Phi) is 5.19. The van der Waals surface area contributed by atoms with Crippen molar-refractivity contribution in [1.29, 1.82) is 0 Å². The Balaban J connectivity index is 1.36. The molecule has 1 aliphatic rings. The molecular formula is C22H27N5O. The summed E-state index contributed by atoms with van der Waals surface area (Å²) >= 11 is 0. The Morgan fingerprint density at radius 2 is 2.00 bits per heavy atom. The van der Waals surface area contributed by atoms with Crippen LogP contribution in [0.25, 0.3) is 11.0 Å². The van der Waals surface area contributed by atoms with Gasteiger partial charge >= 0.3 is 0 Å². The molecule has 2 heterocycles. The van der Waals surface area contributed by atoms with Gasteiger partial charge in [0.05, 0.1) is 17.0 Å². The van der Waals surface area contributed by atoms with Gasteiger partial charge < -0.3 is 20.1 Å². The summed E-state index contributed by atoms with van der Waals surface area (Å²) < 4.78 is 0. The lowest BCUT2D eigenvalue weighted by molar-refractivity contribution is -0.125. The summed E-state index contributed by atoms with van der Waals surface area (Å²) in [7, 11) is 4.04. The van der Waals surface area contributed by atoms with Gasteiger partial charge in [0, 0.05) is 39.4 Å². The highest BCUT2D eigenvalue weighted by Crippen LogP contribution is 2.23. The molecule has 0 spiro atoms. The van der Waals surface area contributed by atoms with Crippen LogP contribution in [-0.4, -0.2) is 43.1 Å². The van der Waals surface area contributed by atoms with E-state index in [1.807, 2.05) is 38.4 Å². The van der Waals surface area contributed by atoms with Gasteiger partial charge in [-0.25, -0.2) is 4.98 Å². The number of hydrogen-bond donors (Lipinski definition) is 2. The number of carbonyl (C=O) groups is 1. The molecule has 1 aromatic heterocycles. The van der Waals surface area contributed by atoms with Gasteiger partial charge in [-0.2, -0.15) is 0 Å². The van der Waals surface area contributed by atoms with Crippen molar-refractivity contribution in [3.05, 3.63) is 54.1 Å². The molecule has 3 aromatic rings. The Morgan fingerprint density at radius 3 is 2.75 bits per heavy atom. The Labute approximate surface area is 165 Å². The van der Waals surface area contributed by atoms with Crippen LogP contribution in [0.1, 0.15) is 18.4 Å². The first-order valence-electron chi connectivity index (χ1n) is 9.84. The first kappa shape index (κ1) is 18.3. The van der Waals surface area contributed by atoms with E-state index < -0.39 is 0 Å². The number of piperidine rings is 1. The molecule has 2 aromatic carbocycles. The van der Waals surface area contributed by atoms with E-state index in [0.29, 0.717) is 13.1 Å². The molecule has 1 aliphatic heterocycles. The predicted octanol–water partition coefficient (Wildman–Crippen LogP) is 3.16. The van der Waals surface area contributed by atoms with E-state index in [-0.39, 0.29) is 11.8 Å². The van der Waals surface area contributed by atoms with E-state index in [4.69, 9.17) is 0 Å². The molecule has 28 heavy (non-hydrogen) atoms. The Morgan fingerprint density at radius 1 is 1.21 bits per heavy atom. The zero-order valence-electron chi connectivity index (χ0n) is 16.5. The number of imidazole rings is 1. The third-order valence-electron chi connectivity index (χ3n) is 5.39. The lowest BCUT2D eigenvalue weighted by Gasteiger charge is -2.31. The number of carbonyl (C=O) groups excluding carboxylic acids is 1. The maximum atomic E-state index is 12.7. The Bertz CT molecular complexity index is 914. The van der Waals surface area contributed by atoms with E-state index >= 15 is 0 Å². The fraction of sp³-hybridized carbons (Fsp3) is 0.364. The normalized spacial score (nSPS) is 16.9. The molecule has 0 saturated carbocycles. The van der Waals surface area contributed by atoms with E-state index in [9.17, 15) is 4.79 Å². The van der Waals surface area contributed by atoms with Crippen LogP contribution in [-0.2, 0) is 11.3 Å². The van der Waals surface area contributed by atoms with E-state index in [1.54, 1.807) is 0 Å². The molecular weight excluding hydrogens is 350 g/mol. The van der Waals surface area contributed by atoms with Crippen molar-refractivity contribution < 1.29 is 4.79 Å². The van der Waals surface area contributed by atoms with Gasteiger partial charge in [-0.05, 0) is 42.7 Å². The lowest BCUT2D eigenvalue weighted by Crippen LogP contribution is -2.43. The largest absolute Gasteiger partial charge is 0.378 e. The van der Waals surface area contributed by atoms with Gasteiger partial charge in [0.1, 0.15) is 0 Å². The second-order valence-electron chi connectivity index (χ2n) is 7.64.